The van der Waals surface area contributed by atoms with Crippen LogP contribution in [-0.4, -0.2) is 34.2 Å². The van der Waals surface area contributed by atoms with E-state index in [9.17, 15) is 4.79 Å². The lowest BCUT2D eigenvalue weighted by atomic mass is 9.91. The summed E-state index contributed by atoms with van der Waals surface area (Å²) in [6, 6.07) is 14.2. The summed E-state index contributed by atoms with van der Waals surface area (Å²) >= 11 is 6.27. The van der Waals surface area contributed by atoms with Gasteiger partial charge in [0.05, 0.1) is 12.1 Å². The van der Waals surface area contributed by atoms with Crippen molar-refractivity contribution in [2.75, 3.05) is 11.9 Å². The molecule has 5 rings (SSSR count). The van der Waals surface area contributed by atoms with Gasteiger partial charge in [-0.25, -0.2) is 4.79 Å². The number of hydrogen-bond donors (Lipinski definition) is 3. The second-order valence-corrected chi connectivity index (χ2v) is 11.2. The summed E-state index contributed by atoms with van der Waals surface area (Å²) in [7, 11) is 0. The fourth-order valence-corrected chi connectivity index (χ4v) is 5.75. The Morgan fingerprint density at radius 3 is 2.84 bits per heavy atom. The number of alkyl carbamates (subject to hydrolysis) is 1. The van der Waals surface area contributed by atoms with Crippen molar-refractivity contribution in [2.45, 2.75) is 70.9 Å². The monoisotopic (exact) mass is 518 g/mol. The quantitative estimate of drug-likeness (QED) is 0.231. The van der Waals surface area contributed by atoms with E-state index in [2.05, 4.69) is 34.7 Å². The predicted molar refractivity (Wildman–Crippen MR) is 152 cm³/mol. The van der Waals surface area contributed by atoms with Crippen LogP contribution in [0.1, 0.15) is 56.9 Å². The maximum Gasteiger partial charge on any atom is 0.407 e. The first kappa shape index (κ1) is 25.4. The molecule has 7 heteroatoms. The Bertz CT molecular complexity index is 1430. The minimum atomic E-state index is -0.448. The number of carbonyl (C=O) groups excluding carboxylic acids is 1. The van der Waals surface area contributed by atoms with Gasteiger partial charge in [-0.1, -0.05) is 29.8 Å². The van der Waals surface area contributed by atoms with Gasteiger partial charge in [-0.3, -0.25) is 4.98 Å². The molecule has 2 aromatic heterocycles. The van der Waals surface area contributed by atoms with Crippen molar-refractivity contribution in [3.8, 4) is 0 Å². The molecule has 1 aliphatic rings. The van der Waals surface area contributed by atoms with Gasteiger partial charge in [-0.2, -0.15) is 0 Å². The van der Waals surface area contributed by atoms with Crippen molar-refractivity contribution in [2.24, 2.45) is 0 Å². The lowest BCUT2D eigenvalue weighted by Gasteiger charge is -2.31. The van der Waals surface area contributed by atoms with E-state index in [1.165, 1.54) is 29.5 Å². The summed E-state index contributed by atoms with van der Waals surface area (Å²) in [4.78, 5) is 20.8. The molecule has 2 aromatic carbocycles. The van der Waals surface area contributed by atoms with Gasteiger partial charge in [-0.05, 0) is 88.3 Å². The standard InChI is InChI=1S/C30H35ClN4O2/c1-19(33-28-23-9-5-7-11-26(23)34-27-16-21(31)12-13-24(27)28)17-30(2,3)35-29(36)37-15-14-20-18-32-25-10-6-4-8-22(20)25/h4,6,8,10,12-13,16,18-19,32H,5,7,9,11,14-15,17H2,1-3H3,(H,33,34)(H,35,36). The van der Waals surface area contributed by atoms with Gasteiger partial charge in [0, 0.05) is 56.9 Å². The Morgan fingerprint density at radius 2 is 1.97 bits per heavy atom. The fourth-order valence-electron chi connectivity index (χ4n) is 5.58. The van der Waals surface area contributed by atoms with Crippen molar-refractivity contribution in [3.05, 3.63) is 70.5 Å². The van der Waals surface area contributed by atoms with Crippen LogP contribution in [0.4, 0.5) is 10.5 Å². The van der Waals surface area contributed by atoms with Crippen LogP contribution in [0.15, 0.2) is 48.7 Å². The molecule has 0 radical (unpaired) electrons. The van der Waals surface area contributed by atoms with Gasteiger partial charge in [0.15, 0.2) is 0 Å². The highest BCUT2D eigenvalue weighted by Gasteiger charge is 2.26. The number of H-pyrrole nitrogens is 1. The number of amides is 1. The molecule has 37 heavy (non-hydrogen) atoms. The summed E-state index contributed by atoms with van der Waals surface area (Å²) in [5.74, 6) is 0. The summed E-state index contributed by atoms with van der Waals surface area (Å²) < 4.78 is 5.54. The highest BCUT2D eigenvalue weighted by Crippen LogP contribution is 2.35. The number of nitrogens with zero attached hydrogens (tertiary/aromatic N) is 1. The third-order valence-electron chi connectivity index (χ3n) is 7.15. The van der Waals surface area contributed by atoms with Crippen LogP contribution in [0.2, 0.25) is 5.02 Å². The first-order valence-electron chi connectivity index (χ1n) is 13.2. The first-order chi connectivity index (χ1) is 17.8. The van der Waals surface area contributed by atoms with E-state index in [1.54, 1.807) is 0 Å². The Hall–Kier alpha value is -3.25. The topological polar surface area (TPSA) is 79.0 Å². The maximum absolute atomic E-state index is 12.6. The molecule has 0 saturated carbocycles. The fraction of sp³-hybridized carbons (Fsp3) is 0.400. The van der Waals surface area contributed by atoms with E-state index in [4.69, 9.17) is 21.3 Å². The number of aromatic amines is 1. The molecule has 0 spiro atoms. The molecule has 2 heterocycles. The lowest BCUT2D eigenvalue weighted by molar-refractivity contribution is 0.135. The number of rotatable bonds is 8. The number of hydrogen-bond acceptors (Lipinski definition) is 4. The zero-order valence-electron chi connectivity index (χ0n) is 21.8. The second-order valence-electron chi connectivity index (χ2n) is 10.8. The maximum atomic E-state index is 12.6. The number of aryl methyl sites for hydroxylation is 1. The molecular formula is C30H35ClN4O2. The van der Waals surface area contributed by atoms with Crippen LogP contribution >= 0.6 is 11.6 Å². The number of halogens is 1. The van der Waals surface area contributed by atoms with Gasteiger partial charge in [0.25, 0.3) is 0 Å². The van der Waals surface area contributed by atoms with Crippen LogP contribution in [0.25, 0.3) is 21.8 Å². The highest BCUT2D eigenvalue weighted by molar-refractivity contribution is 6.31. The molecule has 1 amide bonds. The summed E-state index contributed by atoms with van der Waals surface area (Å²) in [6.45, 7) is 6.55. The number of fused-ring (bicyclic) bond motifs is 3. The van der Waals surface area contributed by atoms with E-state index in [0.717, 1.165) is 46.9 Å². The molecule has 4 aromatic rings. The van der Waals surface area contributed by atoms with Crippen LogP contribution in [0, 0.1) is 0 Å². The Labute approximate surface area is 223 Å². The van der Waals surface area contributed by atoms with Crippen LogP contribution < -0.4 is 10.6 Å². The van der Waals surface area contributed by atoms with Gasteiger partial charge in [0.1, 0.15) is 0 Å². The lowest BCUT2D eigenvalue weighted by Crippen LogP contribution is -2.46. The third kappa shape index (κ3) is 5.85. The van der Waals surface area contributed by atoms with E-state index >= 15 is 0 Å². The van der Waals surface area contributed by atoms with Crippen LogP contribution in [0.3, 0.4) is 0 Å². The molecule has 1 atom stereocenters. The number of ether oxygens (including phenoxy) is 1. The summed E-state index contributed by atoms with van der Waals surface area (Å²) in [5.41, 5.74) is 6.36. The first-order valence-corrected chi connectivity index (χ1v) is 13.5. The number of anilines is 1. The molecule has 3 N–H and O–H groups in total. The van der Waals surface area contributed by atoms with Crippen LogP contribution in [-0.2, 0) is 24.0 Å². The number of benzene rings is 2. The average Bonchev–Trinajstić information content (AvgIpc) is 3.26. The molecular weight excluding hydrogens is 484 g/mol. The SMILES string of the molecule is CC(CC(C)(C)NC(=O)OCCc1c[nH]c2ccccc12)Nc1c2c(nc3cc(Cl)ccc13)CCCC2. The second kappa shape index (κ2) is 10.6. The van der Waals surface area contributed by atoms with Crippen molar-refractivity contribution >= 4 is 45.2 Å². The molecule has 0 fully saturated rings. The van der Waals surface area contributed by atoms with Crippen molar-refractivity contribution in [3.63, 3.8) is 0 Å². The van der Waals surface area contributed by atoms with Gasteiger partial charge >= 0.3 is 6.09 Å². The van der Waals surface area contributed by atoms with Gasteiger partial charge in [-0.15, -0.1) is 0 Å². The number of nitrogens with one attached hydrogen (secondary N) is 3. The van der Waals surface area contributed by atoms with E-state index in [0.29, 0.717) is 18.1 Å². The smallest absolute Gasteiger partial charge is 0.407 e. The van der Waals surface area contributed by atoms with E-state index in [1.807, 2.05) is 50.4 Å². The normalized spacial score (nSPS) is 14.4. The molecule has 6 nitrogen and oxygen atoms in total. The molecule has 194 valence electrons. The summed E-state index contributed by atoms with van der Waals surface area (Å²) in [5, 5.41) is 9.78. The van der Waals surface area contributed by atoms with Gasteiger partial charge < -0.3 is 20.4 Å². The largest absolute Gasteiger partial charge is 0.449 e. The van der Waals surface area contributed by atoms with Crippen molar-refractivity contribution < 1.29 is 9.53 Å². The van der Waals surface area contributed by atoms with Crippen molar-refractivity contribution in [1.29, 1.82) is 0 Å². The predicted octanol–water partition coefficient (Wildman–Crippen LogP) is 7.19. The molecule has 1 aliphatic carbocycles. The van der Waals surface area contributed by atoms with Crippen molar-refractivity contribution in [1.82, 2.24) is 15.3 Å². The minimum Gasteiger partial charge on any atom is -0.449 e. The number of pyridine rings is 1. The zero-order valence-corrected chi connectivity index (χ0v) is 22.5. The molecule has 1 unspecified atom stereocenters. The number of aromatic nitrogens is 2. The average molecular weight is 519 g/mol. The highest BCUT2D eigenvalue weighted by atomic mass is 35.5. The van der Waals surface area contributed by atoms with Crippen LogP contribution in [0.5, 0.6) is 0 Å². The Morgan fingerprint density at radius 1 is 1.16 bits per heavy atom. The number of carbonyl (C=O) groups is 1. The van der Waals surface area contributed by atoms with E-state index < -0.39 is 11.6 Å². The molecule has 0 aliphatic heterocycles. The molecule has 0 bridgehead atoms. The summed E-state index contributed by atoms with van der Waals surface area (Å²) in [6.07, 6.45) is 7.36. The number of para-hydroxylation sites is 1. The molecule has 0 saturated heterocycles. The Kier molecular flexibility index (Phi) is 7.29. The van der Waals surface area contributed by atoms with E-state index in [-0.39, 0.29) is 6.04 Å². The minimum absolute atomic E-state index is 0.119. The van der Waals surface area contributed by atoms with Gasteiger partial charge in [0.2, 0.25) is 0 Å². The zero-order chi connectivity index (χ0) is 26.0. The third-order valence-corrected chi connectivity index (χ3v) is 7.39. The Balaban J connectivity index is 1.20.